The Morgan fingerprint density at radius 3 is 2.70 bits per heavy atom. The maximum absolute atomic E-state index is 12.2. The van der Waals surface area contributed by atoms with Crippen molar-refractivity contribution in [1.29, 1.82) is 0 Å². The number of aromatic nitrogens is 2. The average molecular weight is 392 g/mol. The largest absolute Gasteiger partial charge is 0.342 e. The van der Waals surface area contributed by atoms with E-state index >= 15 is 0 Å². The van der Waals surface area contributed by atoms with E-state index in [2.05, 4.69) is 19.9 Å². The molecule has 3 heterocycles. The smallest absolute Gasteiger partial charge is 0.236 e. The van der Waals surface area contributed by atoms with Gasteiger partial charge in [0.15, 0.2) is 0 Å². The molecule has 7 nitrogen and oxygen atoms in total. The van der Waals surface area contributed by atoms with Crippen LogP contribution in [0.1, 0.15) is 26.2 Å². The lowest BCUT2D eigenvalue weighted by molar-refractivity contribution is -0.133. The average Bonchev–Trinajstić information content (AvgIpc) is 3.34. The van der Waals surface area contributed by atoms with Crippen LogP contribution in [0.2, 0.25) is 0 Å². The fraction of sp³-hybridized carbons (Fsp3) is 0.632. The monoisotopic (exact) mass is 391 g/mol. The van der Waals surface area contributed by atoms with Gasteiger partial charge in [-0.25, -0.2) is 0 Å². The molecular weight excluding hydrogens is 362 g/mol. The molecule has 2 aromatic heterocycles. The Hall–Kier alpha value is -1.77. The van der Waals surface area contributed by atoms with Crippen molar-refractivity contribution in [1.82, 2.24) is 24.8 Å². The summed E-state index contributed by atoms with van der Waals surface area (Å²) in [6.07, 6.45) is 1.80. The minimum absolute atomic E-state index is 0.205. The number of carbonyl (C=O) groups excluding carboxylic acids is 1. The summed E-state index contributed by atoms with van der Waals surface area (Å²) in [4.78, 5) is 24.2. The molecule has 3 rings (SSSR count). The summed E-state index contributed by atoms with van der Waals surface area (Å²) >= 11 is 1.62. The van der Waals surface area contributed by atoms with E-state index in [0.717, 1.165) is 50.4 Å². The third-order valence-electron chi connectivity index (χ3n) is 5.07. The van der Waals surface area contributed by atoms with Crippen molar-refractivity contribution in [2.75, 3.05) is 46.3 Å². The maximum atomic E-state index is 12.2. The predicted octanol–water partition coefficient (Wildman–Crippen LogP) is 2.22. The van der Waals surface area contributed by atoms with Crippen molar-refractivity contribution in [2.24, 2.45) is 0 Å². The lowest BCUT2D eigenvalue weighted by Gasteiger charge is -2.35. The van der Waals surface area contributed by atoms with Crippen LogP contribution in [0.4, 0.5) is 0 Å². The van der Waals surface area contributed by atoms with Crippen molar-refractivity contribution in [2.45, 2.75) is 32.7 Å². The number of hydrogen-bond acceptors (Lipinski definition) is 7. The molecule has 1 saturated heterocycles. The Balaban J connectivity index is 1.35. The van der Waals surface area contributed by atoms with Crippen molar-refractivity contribution in [3.05, 3.63) is 23.4 Å². The molecule has 0 radical (unpaired) electrons. The zero-order chi connectivity index (χ0) is 19.2. The van der Waals surface area contributed by atoms with Crippen LogP contribution in [-0.4, -0.2) is 83.1 Å². The SMILES string of the molecule is CC(C)N(C)C(=O)CN1CCN(CCCc2nc(-c3cccs3)no2)CC1. The van der Waals surface area contributed by atoms with Gasteiger partial charge in [-0.1, -0.05) is 11.2 Å². The molecule has 1 aliphatic heterocycles. The second kappa shape index (κ2) is 9.43. The Bertz CT molecular complexity index is 708. The fourth-order valence-corrected chi connectivity index (χ4v) is 3.73. The van der Waals surface area contributed by atoms with E-state index < -0.39 is 0 Å². The van der Waals surface area contributed by atoms with Crippen LogP contribution >= 0.6 is 11.3 Å². The Labute approximate surface area is 164 Å². The molecule has 148 valence electrons. The van der Waals surface area contributed by atoms with Gasteiger partial charge in [-0.2, -0.15) is 4.98 Å². The Morgan fingerprint density at radius 2 is 2.04 bits per heavy atom. The molecule has 0 saturated carbocycles. The summed E-state index contributed by atoms with van der Waals surface area (Å²) in [5.41, 5.74) is 0. The number of carbonyl (C=O) groups is 1. The molecule has 0 atom stereocenters. The highest BCUT2D eigenvalue weighted by Gasteiger charge is 2.21. The van der Waals surface area contributed by atoms with E-state index in [1.54, 1.807) is 11.3 Å². The summed E-state index contributed by atoms with van der Waals surface area (Å²) in [6, 6.07) is 4.25. The molecular formula is C19H29N5O2S. The summed E-state index contributed by atoms with van der Waals surface area (Å²) < 4.78 is 5.36. The van der Waals surface area contributed by atoms with Gasteiger partial charge in [0.1, 0.15) is 0 Å². The number of amides is 1. The minimum Gasteiger partial charge on any atom is -0.342 e. The van der Waals surface area contributed by atoms with Crippen LogP contribution in [-0.2, 0) is 11.2 Å². The first-order chi connectivity index (χ1) is 13.0. The highest BCUT2D eigenvalue weighted by molar-refractivity contribution is 7.13. The number of piperazine rings is 1. The zero-order valence-electron chi connectivity index (χ0n) is 16.4. The standard InChI is InChI=1S/C19H29N5O2S/c1-15(2)22(3)18(25)14-24-11-9-23(10-12-24)8-4-7-17-20-19(21-26-17)16-6-5-13-27-16/h5-6,13,15H,4,7-12,14H2,1-3H3. The van der Waals surface area contributed by atoms with Gasteiger partial charge in [-0.05, 0) is 38.3 Å². The van der Waals surface area contributed by atoms with Crippen molar-refractivity contribution in [3.8, 4) is 10.7 Å². The van der Waals surface area contributed by atoms with E-state index in [0.29, 0.717) is 18.3 Å². The second-order valence-electron chi connectivity index (χ2n) is 7.31. The number of hydrogen-bond donors (Lipinski definition) is 0. The summed E-state index contributed by atoms with van der Waals surface area (Å²) in [6.45, 7) is 9.53. The van der Waals surface area contributed by atoms with Crippen LogP contribution in [0.25, 0.3) is 10.7 Å². The highest BCUT2D eigenvalue weighted by Crippen LogP contribution is 2.21. The molecule has 0 N–H and O–H groups in total. The first-order valence-corrected chi connectivity index (χ1v) is 10.5. The van der Waals surface area contributed by atoms with Crippen LogP contribution in [0.3, 0.4) is 0 Å². The van der Waals surface area contributed by atoms with Crippen LogP contribution in [0, 0.1) is 0 Å². The van der Waals surface area contributed by atoms with Gasteiger partial charge in [0.25, 0.3) is 0 Å². The predicted molar refractivity (Wildman–Crippen MR) is 107 cm³/mol. The number of nitrogens with zero attached hydrogens (tertiary/aromatic N) is 5. The molecule has 0 unspecified atom stereocenters. The van der Waals surface area contributed by atoms with Gasteiger partial charge < -0.3 is 14.3 Å². The lowest BCUT2D eigenvalue weighted by atomic mass is 10.2. The van der Waals surface area contributed by atoms with Crippen molar-refractivity contribution < 1.29 is 9.32 Å². The number of likely N-dealkylation sites (N-methyl/N-ethyl adjacent to an activating group) is 1. The summed E-state index contributed by atoms with van der Waals surface area (Å²) in [7, 11) is 1.88. The van der Waals surface area contributed by atoms with Crippen LogP contribution < -0.4 is 0 Å². The van der Waals surface area contributed by atoms with Gasteiger partial charge in [-0.3, -0.25) is 9.69 Å². The van der Waals surface area contributed by atoms with E-state index in [1.807, 2.05) is 43.3 Å². The number of rotatable bonds is 8. The number of thiophene rings is 1. The quantitative estimate of drug-likeness (QED) is 0.687. The minimum atomic E-state index is 0.205. The van der Waals surface area contributed by atoms with E-state index in [-0.39, 0.29) is 11.9 Å². The van der Waals surface area contributed by atoms with Crippen LogP contribution in [0.5, 0.6) is 0 Å². The van der Waals surface area contributed by atoms with E-state index in [9.17, 15) is 4.79 Å². The molecule has 1 amide bonds. The second-order valence-corrected chi connectivity index (χ2v) is 8.26. The normalized spacial score (nSPS) is 16.1. The van der Waals surface area contributed by atoms with Gasteiger partial charge in [-0.15, -0.1) is 11.3 Å². The molecule has 1 fully saturated rings. The maximum Gasteiger partial charge on any atom is 0.236 e. The molecule has 8 heteroatoms. The summed E-state index contributed by atoms with van der Waals surface area (Å²) in [5.74, 6) is 1.60. The van der Waals surface area contributed by atoms with Gasteiger partial charge in [0.05, 0.1) is 11.4 Å². The van der Waals surface area contributed by atoms with Crippen molar-refractivity contribution >= 4 is 17.2 Å². The molecule has 0 aromatic carbocycles. The number of aryl methyl sites for hydroxylation is 1. The molecule has 27 heavy (non-hydrogen) atoms. The molecule has 0 aliphatic carbocycles. The Morgan fingerprint density at radius 1 is 1.30 bits per heavy atom. The van der Waals surface area contributed by atoms with Crippen molar-refractivity contribution in [3.63, 3.8) is 0 Å². The highest BCUT2D eigenvalue weighted by atomic mass is 32.1. The van der Waals surface area contributed by atoms with Gasteiger partial charge >= 0.3 is 0 Å². The molecule has 2 aromatic rings. The van der Waals surface area contributed by atoms with Crippen LogP contribution in [0.15, 0.2) is 22.0 Å². The third-order valence-corrected chi connectivity index (χ3v) is 5.93. The van der Waals surface area contributed by atoms with E-state index in [1.165, 1.54) is 0 Å². The Kier molecular flexibility index (Phi) is 6.98. The lowest BCUT2D eigenvalue weighted by Crippen LogP contribution is -2.50. The first kappa shape index (κ1) is 20.0. The van der Waals surface area contributed by atoms with Gasteiger partial charge in [0.2, 0.25) is 17.6 Å². The molecule has 1 aliphatic rings. The zero-order valence-corrected chi connectivity index (χ0v) is 17.2. The fourth-order valence-electron chi connectivity index (χ4n) is 3.08. The summed E-state index contributed by atoms with van der Waals surface area (Å²) in [5, 5.41) is 6.07. The topological polar surface area (TPSA) is 65.7 Å². The first-order valence-electron chi connectivity index (χ1n) is 9.60. The van der Waals surface area contributed by atoms with Gasteiger partial charge in [0, 0.05) is 45.7 Å². The van der Waals surface area contributed by atoms with E-state index in [4.69, 9.17) is 4.52 Å². The molecule has 0 bridgehead atoms. The third kappa shape index (κ3) is 5.60. The molecule has 0 spiro atoms.